The molecule has 3 aromatic rings. The first-order valence-electron chi connectivity index (χ1n) is 12.7. The fourth-order valence-electron chi connectivity index (χ4n) is 4.90. The van der Waals surface area contributed by atoms with E-state index in [1.54, 1.807) is 0 Å². The molecule has 1 aliphatic rings. The van der Waals surface area contributed by atoms with Crippen molar-refractivity contribution in [1.29, 1.82) is 0 Å². The molecule has 1 amide bonds. The van der Waals surface area contributed by atoms with Gasteiger partial charge in [-0.15, -0.1) is 0 Å². The summed E-state index contributed by atoms with van der Waals surface area (Å²) in [6.07, 6.45) is 3.17. The minimum atomic E-state index is 0.0926. The number of likely N-dealkylation sites (tertiary alicyclic amines) is 1. The fraction of sp³-hybridized carbons (Fsp3) is 0.387. The van der Waals surface area contributed by atoms with Gasteiger partial charge in [-0.05, 0) is 99.4 Å². The molecular formula is C31H37NO3. The first kappa shape index (κ1) is 24.8. The van der Waals surface area contributed by atoms with Crippen molar-refractivity contribution in [2.24, 2.45) is 5.92 Å². The first-order valence-corrected chi connectivity index (χ1v) is 12.7. The zero-order chi connectivity index (χ0) is 24.8. The molecule has 1 fully saturated rings. The largest absolute Gasteiger partial charge is 0.493 e. The van der Waals surface area contributed by atoms with E-state index in [2.05, 4.69) is 63.2 Å². The number of hydrogen-bond acceptors (Lipinski definition) is 3. The third-order valence-corrected chi connectivity index (χ3v) is 7.02. The second kappa shape index (κ2) is 11.4. The Bertz CT molecular complexity index is 1150. The summed E-state index contributed by atoms with van der Waals surface area (Å²) in [7, 11) is 0. The van der Waals surface area contributed by atoms with E-state index < -0.39 is 0 Å². The van der Waals surface area contributed by atoms with Gasteiger partial charge in [-0.2, -0.15) is 0 Å². The quantitative estimate of drug-likeness (QED) is 0.368. The third kappa shape index (κ3) is 6.25. The zero-order valence-corrected chi connectivity index (χ0v) is 21.5. The van der Waals surface area contributed by atoms with Crippen LogP contribution in [0.25, 0.3) is 0 Å². The van der Waals surface area contributed by atoms with Crippen molar-refractivity contribution < 1.29 is 14.3 Å². The summed E-state index contributed by atoms with van der Waals surface area (Å²) in [5, 5.41) is 0. The van der Waals surface area contributed by atoms with Crippen LogP contribution in [0.15, 0.2) is 60.7 Å². The molecule has 4 rings (SSSR count). The number of rotatable bonds is 8. The van der Waals surface area contributed by atoms with Crippen molar-refractivity contribution in [3.05, 3.63) is 94.0 Å². The number of hydrogen-bond donors (Lipinski definition) is 0. The Kier molecular flexibility index (Phi) is 8.12. The van der Waals surface area contributed by atoms with Crippen LogP contribution < -0.4 is 9.47 Å². The number of piperidine rings is 1. The third-order valence-electron chi connectivity index (χ3n) is 7.02. The van der Waals surface area contributed by atoms with Crippen LogP contribution in [0, 0.1) is 26.7 Å². The van der Waals surface area contributed by atoms with Gasteiger partial charge in [0.25, 0.3) is 5.91 Å². The SMILES string of the molecule is CCOc1ccc(C(=O)N2CCC(Cc3ccccc3)CC2)cc1COc1cc(C)cc(C)c1C. The molecule has 0 aliphatic carbocycles. The number of carbonyl (C=O) groups is 1. The van der Waals surface area contributed by atoms with Crippen LogP contribution in [-0.2, 0) is 13.0 Å². The van der Waals surface area contributed by atoms with Gasteiger partial charge in [0, 0.05) is 24.2 Å². The number of benzene rings is 3. The molecular weight excluding hydrogens is 434 g/mol. The standard InChI is InChI=1S/C31H37NO3/c1-5-34-29-12-11-27(20-28(29)21-35-30-18-22(2)17-23(3)24(30)4)31(33)32-15-13-26(14-16-32)19-25-9-7-6-8-10-25/h6-12,17-18,20,26H,5,13-16,19,21H2,1-4H3. The van der Waals surface area contributed by atoms with Crippen LogP contribution >= 0.6 is 0 Å². The summed E-state index contributed by atoms with van der Waals surface area (Å²) >= 11 is 0. The lowest BCUT2D eigenvalue weighted by Gasteiger charge is -2.32. The molecule has 0 N–H and O–H groups in total. The number of nitrogens with zero attached hydrogens (tertiary/aromatic N) is 1. The highest BCUT2D eigenvalue weighted by molar-refractivity contribution is 5.94. The average molecular weight is 472 g/mol. The van der Waals surface area contributed by atoms with Gasteiger partial charge in [-0.1, -0.05) is 36.4 Å². The highest BCUT2D eigenvalue weighted by Gasteiger charge is 2.24. The normalized spacial score (nSPS) is 14.1. The molecule has 0 atom stereocenters. The summed E-state index contributed by atoms with van der Waals surface area (Å²) < 4.78 is 12.1. The predicted molar refractivity (Wildman–Crippen MR) is 141 cm³/mol. The molecule has 0 radical (unpaired) electrons. The van der Waals surface area contributed by atoms with Crippen LogP contribution in [0.4, 0.5) is 0 Å². The monoisotopic (exact) mass is 471 g/mol. The lowest BCUT2D eigenvalue weighted by Crippen LogP contribution is -2.39. The molecule has 0 aromatic heterocycles. The van der Waals surface area contributed by atoms with E-state index in [1.165, 1.54) is 16.7 Å². The van der Waals surface area contributed by atoms with Gasteiger partial charge in [-0.25, -0.2) is 0 Å². The Labute approximate surface area is 209 Å². The Morgan fingerprint density at radius 2 is 1.66 bits per heavy atom. The molecule has 1 aliphatic heterocycles. The van der Waals surface area contributed by atoms with Gasteiger partial charge in [-0.3, -0.25) is 4.79 Å². The molecule has 1 saturated heterocycles. The minimum absolute atomic E-state index is 0.0926. The number of aryl methyl sites for hydroxylation is 2. The summed E-state index contributed by atoms with van der Waals surface area (Å²) in [6, 6.07) is 20.6. The smallest absolute Gasteiger partial charge is 0.253 e. The van der Waals surface area contributed by atoms with Crippen molar-refractivity contribution in [3.8, 4) is 11.5 Å². The van der Waals surface area contributed by atoms with Crippen molar-refractivity contribution in [2.45, 2.75) is 53.6 Å². The Morgan fingerprint density at radius 3 is 2.37 bits per heavy atom. The van der Waals surface area contributed by atoms with Gasteiger partial charge in [0.15, 0.2) is 0 Å². The lowest BCUT2D eigenvalue weighted by atomic mass is 9.90. The molecule has 1 heterocycles. The van der Waals surface area contributed by atoms with Crippen molar-refractivity contribution in [3.63, 3.8) is 0 Å². The molecule has 4 nitrogen and oxygen atoms in total. The van der Waals surface area contributed by atoms with Crippen molar-refractivity contribution in [1.82, 2.24) is 4.90 Å². The average Bonchev–Trinajstić information content (AvgIpc) is 2.87. The van der Waals surface area contributed by atoms with Gasteiger partial charge >= 0.3 is 0 Å². The van der Waals surface area contributed by atoms with Crippen LogP contribution in [-0.4, -0.2) is 30.5 Å². The van der Waals surface area contributed by atoms with Gasteiger partial charge < -0.3 is 14.4 Å². The molecule has 0 saturated carbocycles. The van der Waals surface area contributed by atoms with E-state index >= 15 is 0 Å². The van der Waals surface area contributed by atoms with E-state index in [4.69, 9.17) is 9.47 Å². The van der Waals surface area contributed by atoms with E-state index in [1.807, 2.05) is 30.0 Å². The first-order chi connectivity index (χ1) is 16.9. The maximum absolute atomic E-state index is 13.3. The molecule has 0 unspecified atom stereocenters. The van der Waals surface area contributed by atoms with Gasteiger partial charge in [0.1, 0.15) is 18.1 Å². The Morgan fingerprint density at radius 1 is 0.914 bits per heavy atom. The molecule has 0 bridgehead atoms. The summed E-state index contributed by atoms with van der Waals surface area (Å²) in [5.41, 5.74) is 6.50. The predicted octanol–water partition coefficient (Wildman–Crippen LogP) is 6.68. The maximum atomic E-state index is 13.3. The zero-order valence-electron chi connectivity index (χ0n) is 21.5. The summed E-state index contributed by atoms with van der Waals surface area (Å²) in [5.74, 6) is 2.37. The minimum Gasteiger partial charge on any atom is -0.493 e. The Balaban J connectivity index is 1.43. The topological polar surface area (TPSA) is 38.8 Å². The molecule has 4 heteroatoms. The van der Waals surface area contributed by atoms with E-state index in [9.17, 15) is 4.79 Å². The number of ether oxygens (including phenoxy) is 2. The molecule has 3 aromatic carbocycles. The van der Waals surface area contributed by atoms with E-state index in [0.717, 1.165) is 55.0 Å². The number of amides is 1. The molecule has 0 spiro atoms. The van der Waals surface area contributed by atoms with Crippen molar-refractivity contribution >= 4 is 5.91 Å². The van der Waals surface area contributed by atoms with Gasteiger partial charge in [0.05, 0.1) is 6.61 Å². The second-order valence-corrected chi connectivity index (χ2v) is 9.67. The van der Waals surface area contributed by atoms with E-state index in [-0.39, 0.29) is 5.91 Å². The summed E-state index contributed by atoms with van der Waals surface area (Å²) in [6.45, 7) is 10.8. The fourth-order valence-corrected chi connectivity index (χ4v) is 4.90. The van der Waals surface area contributed by atoms with E-state index in [0.29, 0.717) is 24.7 Å². The highest BCUT2D eigenvalue weighted by Crippen LogP contribution is 2.28. The Hall–Kier alpha value is -3.27. The van der Waals surface area contributed by atoms with Crippen LogP contribution in [0.5, 0.6) is 11.5 Å². The highest BCUT2D eigenvalue weighted by atomic mass is 16.5. The van der Waals surface area contributed by atoms with Crippen LogP contribution in [0.2, 0.25) is 0 Å². The van der Waals surface area contributed by atoms with Crippen LogP contribution in [0.3, 0.4) is 0 Å². The van der Waals surface area contributed by atoms with Crippen molar-refractivity contribution in [2.75, 3.05) is 19.7 Å². The summed E-state index contributed by atoms with van der Waals surface area (Å²) in [4.78, 5) is 15.3. The molecule has 184 valence electrons. The molecule has 35 heavy (non-hydrogen) atoms. The van der Waals surface area contributed by atoms with Crippen LogP contribution in [0.1, 0.15) is 57.9 Å². The lowest BCUT2D eigenvalue weighted by molar-refractivity contribution is 0.0690. The van der Waals surface area contributed by atoms with Gasteiger partial charge in [0.2, 0.25) is 0 Å². The maximum Gasteiger partial charge on any atom is 0.253 e. The number of carbonyl (C=O) groups excluding carboxylic acids is 1. The second-order valence-electron chi connectivity index (χ2n) is 9.67.